The molecule has 2 aromatic rings. The second kappa shape index (κ2) is 4.88. The Morgan fingerprint density at radius 3 is 2.94 bits per heavy atom. The third-order valence-corrected chi connectivity index (χ3v) is 2.37. The summed E-state index contributed by atoms with van der Waals surface area (Å²) in [6, 6.07) is 6.08. The van der Waals surface area contributed by atoms with Crippen molar-refractivity contribution in [3.05, 3.63) is 46.8 Å². The Labute approximate surface area is 102 Å². The first-order valence-corrected chi connectivity index (χ1v) is 5.10. The number of carbonyl (C=O) groups is 1. The molecule has 0 radical (unpaired) electrons. The molecule has 0 aliphatic carbocycles. The van der Waals surface area contributed by atoms with Crippen LogP contribution in [0.2, 0.25) is 5.02 Å². The number of halogens is 1. The van der Waals surface area contributed by atoms with E-state index in [9.17, 15) is 4.79 Å². The number of hydrogen-bond donors (Lipinski definition) is 1. The molecule has 0 fully saturated rings. The summed E-state index contributed by atoms with van der Waals surface area (Å²) in [5, 5.41) is 12.6. The van der Waals surface area contributed by atoms with E-state index in [0.717, 1.165) is 0 Å². The molecule has 0 aliphatic rings. The maximum absolute atomic E-state index is 10.8. The quantitative estimate of drug-likeness (QED) is 0.907. The zero-order valence-electron chi connectivity index (χ0n) is 8.59. The summed E-state index contributed by atoms with van der Waals surface area (Å²) >= 11 is 5.73. The summed E-state index contributed by atoms with van der Waals surface area (Å²) in [5.74, 6) is -0.139. The molecule has 1 aromatic carbocycles. The van der Waals surface area contributed by atoms with E-state index in [4.69, 9.17) is 26.0 Å². The molecule has 17 heavy (non-hydrogen) atoms. The van der Waals surface area contributed by atoms with Crippen LogP contribution in [-0.4, -0.2) is 16.2 Å². The smallest absolute Gasteiger partial charge is 0.337 e. The van der Waals surface area contributed by atoms with Crippen LogP contribution in [0, 0.1) is 0 Å². The van der Waals surface area contributed by atoms with Crippen molar-refractivity contribution in [1.82, 2.24) is 5.16 Å². The van der Waals surface area contributed by atoms with E-state index in [1.54, 1.807) is 12.1 Å². The number of benzene rings is 1. The van der Waals surface area contributed by atoms with Gasteiger partial charge < -0.3 is 14.4 Å². The zero-order chi connectivity index (χ0) is 12.3. The van der Waals surface area contributed by atoms with E-state index in [1.807, 2.05) is 0 Å². The van der Waals surface area contributed by atoms with E-state index < -0.39 is 5.97 Å². The van der Waals surface area contributed by atoms with Crippen molar-refractivity contribution in [1.29, 1.82) is 0 Å². The number of ether oxygens (including phenoxy) is 1. The summed E-state index contributed by atoms with van der Waals surface area (Å²) in [6.07, 6.45) is 1.50. The van der Waals surface area contributed by atoms with E-state index in [1.165, 1.54) is 18.3 Å². The number of rotatable bonds is 4. The molecule has 0 atom stereocenters. The van der Waals surface area contributed by atoms with Crippen LogP contribution in [0.5, 0.6) is 5.75 Å². The molecular formula is C11H8ClNO4. The average Bonchev–Trinajstić information content (AvgIpc) is 2.80. The first-order valence-electron chi connectivity index (χ1n) is 4.72. The Bertz CT molecular complexity index is 524. The van der Waals surface area contributed by atoms with Gasteiger partial charge in [-0.05, 0) is 18.2 Å². The van der Waals surface area contributed by atoms with E-state index in [2.05, 4.69) is 5.16 Å². The molecule has 0 bridgehead atoms. The summed E-state index contributed by atoms with van der Waals surface area (Å²) in [4.78, 5) is 10.8. The van der Waals surface area contributed by atoms with Gasteiger partial charge in [0.1, 0.15) is 12.4 Å². The van der Waals surface area contributed by atoms with Gasteiger partial charge in [-0.15, -0.1) is 0 Å². The number of aromatic nitrogens is 1. The first kappa shape index (κ1) is 11.5. The molecule has 0 spiro atoms. The molecule has 0 amide bonds. The molecule has 1 aromatic heterocycles. The van der Waals surface area contributed by atoms with E-state index in [0.29, 0.717) is 11.5 Å². The van der Waals surface area contributed by atoms with Crippen LogP contribution in [0.4, 0.5) is 0 Å². The van der Waals surface area contributed by atoms with Gasteiger partial charge in [-0.2, -0.15) is 0 Å². The summed E-state index contributed by atoms with van der Waals surface area (Å²) in [6.45, 7) is 0.181. The van der Waals surface area contributed by atoms with Gasteiger partial charge in [0.2, 0.25) is 0 Å². The molecule has 0 unspecified atom stereocenters. The average molecular weight is 254 g/mol. The fourth-order valence-electron chi connectivity index (χ4n) is 1.23. The van der Waals surface area contributed by atoms with Gasteiger partial charge in [-0.3, -0.25) is 0 Å². The minimum atomic E-state index is -1.10. The molecule has 0 saturated carbocycles. The maximum atomic E-state index is 10.8. The van der Waals surface area contributed by atoms with Crippen LogP contribution >= 0.6 is 11.6 Å². The van der Waals surface area contributed by atoms with Crippen molar-refractivity contribution in [3.8, 4) is 5.75 Å². The highest BCUT2D eigenvalue weighted by atomic mass is 35.5. The number of carboxylic acid groups (broad SMARTS) is 1. The van der Waals surface area contributed by atoms with E-state index >= 15 is 0 Å². The van der Waals surface area contributed by atoms with Crippen molar-refractivity contribution in [3.63, 3.8) is 0 Å². The highest BCUT2D eigenvalue weighted by molar-refractivity contribution is 6.33. The largest absolute Gasteiger partial charge is 0.486 e. The topological polar surface area (TPSA) is 72.6 Å². The highest BCUT2D eigenvalue weighted by Gasteiger charge is 2.10. The lowest BCUT2D eigenvalue weighted by atomic mass is 10.2. The number of aromatic carboxylic acids is 1. The minimum absolute atomic E-state index is 0.00161. The van der Waals surface area contributed by atoms with Gasteiger partial charge in [-0.1, -0.05) is 16.8 Å². The van der Waals surface area contributed by atoms with Gasteiger partial charge in [0.05, 0.1) is 16.8 Å². The van der Waals surface area contributed by atoms with Crippen molar-refractivity contribution < 1.29 is 19.2 Å². The fraction of sp³-hybridized carbons (Fsp3) is 0.0909. The zero-order valence-corrected chi connectivity index (χ0v) is 9.35. The van der Waals surface area contributed by atoms with Crippen molar-refractivity contribution in [2.24, 2.45) is 0 Å². The lowest BCUT2D eigenvalue weighted by Crippen LogP contribution is -1.99. The van der Waals surface area contributed by atoms with Gasteiger partial charge in [0.15, 0.2) is 5.76 Å². The highest BCUT2D eigenvalue weighted by Crippen LogP contribution is 2.22. The monoisotopic (exact) mass is 253 g/mol. The Morgan fingerprint density at radius 1 is 1.47 bits per heavy atom. The van der Waals surface area contributed by atoms with Crippen LogP contribution in [0.15, 0.2) is 35.0 Å². The van der Waals surface area contributed by atoms with Crippen molar-refractivity contribution >= 4 is 17.6 Å². The number of carboxylic acids is 1. The van der Waals surface area contributed by atoms with Gasteiger partial charge in [-0.25, -0.2) is 4.79 Å². The van der Waals surface area contributed by atoms with Gasteiger partial charge in [0.25, 0.3) is 0 Å². The Kier molecular flexibility index (Phi) is 3.30. The number of nitrogens with zero attached hydrogens (tertiary/aromatic N) is 1. The normalized spacial score (nSPS) is 10.2. The Balaban J connectivity index is 2.11. The second-order valence-electron chi connectivity index (χ2n) is 3.21. The lowest BCUT2D eigenvalue weighted by molar-refractivity contribution is 0.0696. The fourth-order valence-corrected chi connectivity index (χ4v) is 1.43. The molecule has 1 N–H and O–H groups in total. The molecule has 1 heterocycles. The molecule has 0 aliphatic heterocycles. The predicted octanol–water partition coefficient (Wildman–Crippen LogP) is 2.61. The predicted molar refractivity (Wildman–Crippen MR) is 59.2 cm³/mol. The molecule has 2 rings (SSSR count). The van der Waals surface area contributed by atoms with Crippen LogP contribution in [0.1, 0.15) is 16.1 Å². The molecular weight excluding hydrogens is 246 g/mol. The van der Waals surface area contributed by atoms with Gasteiger partial charge >= 0.3 is 5.97 Å². The van der Waals surface area contributed by atoms with Crippen LogP contribution in [0.25, 0.3) is 0 Å². The standard InChI is InChI=1S/C11H8ClNO4/c12-10-2-1-7(5-9(10)11(14)15)16-6-8-3-4-13-17-8/h1-5H,6H2,(H,14,15). The molecule has 88 valence electrons. The summed E-state index contributed by atoms with van der Waals surface area (Å²) < 4.78 is 10.2. The maximum Gasteiger partial charge on any atom is 0.337 e. The van der Waals surface area contributed by atoms with Crippen molar-refractivity contribution in [2.75, 3.05) is 0 Å². The lowest BCUT2D eigenvalue weighted by Gasteiger charge is -2.05. The Hall–Kier alpha value is -2.01. The van der Waals surface area contributed by atoms with E-state index in [-0.39, 0.29) is 17.2 Å². The Morgan fingerprint density at radius 2 is 2.29 bits per heavy atom. The minimum Gasteiger partial charge on any atom is -0.486 e. The molecule has 6 heteroatoms. The third kappa shape index (κ3) is 2.76. The van der Waals surface area contributed by atoms with Crippen LogP contribution in [-0.2, 0) is 6.61 Å². The summed E-state index contributed by atoms with van der Waals surface area (Å²) in [7, 11) is 0. The van der Waals surface area contributed by atoms with Crippen LogP contribution in [0.3, 0.4) is 0 Å². The van der Waals surface area contributed by atoms with Gasteiger partial charge in [0, 0.05) is 6.07 Å². The second-order valence-corrected chi connectivity index (χ2v) is 3.62. The molecule has 0 saturated heterocycles. The molecule has 5 nitrogen and oxygen atoms in total. The van der Waals surface area contributed by atoms with Crippen LogP contribution < -0.4 is 4.74 Å². The van der Waals surface area contributed by atoms with Crippen molar-refractivity contribution in [2.45, 2.75) is 6.61 Å². The number of hydrogen-bond acceptors (Lipinski definition) is 4. The SMILES string of the molecule is O=C(O)c1cc(OCc2ccno2)ccc1Cl. The third-order valence-electron chi connectivity index (χ3n) is 2.04. The summed E-state index contributed by atoms with van der Waals surface area (Å²) in [5.41, 5.74) is 0.00161. The first-order chi connectivity index (χ1) is 8.16.